The standard InChI is InChI=1S/C26H32N2O5S/c1-3-8-18(15-24(29)28(13-14-34-2)16-25(30)31)27-26(32)33-17-23-21-11-6-4-9-19(21)20-10-5-7-12-22(20)23/h4-7,9-12,18,23H,3,8,13-17H2,1-2H3,(H,27,32)(H,30,31)/t18-/m1/s1. The molecule has 0 aliphatic heterocycles. The Bertz CT molecular complexity index is 967. The summed E-state index contributed by atoms with van der Waals surface area (Å²) in [5, 5.41) is 12.0. The predicted octanol–water partition coefficient (Wildman–Crippen LogP) is 4.36. The third-order valence-corrected chi connectivity index (χ3v) is 6.56. The second-order valence-electron chi connectivity index (χ2n) is 8.36. The highest BCUT2D eigenvalue weighted by atomic mass is 32.2. The topological polar surface area (TPSA) is 95.9 Å². The van der Waals surface area contributed by atoms with Gasteiger partial charge in [0.15, 0.2) is 0 Å². The van der Waals surface area contributed by atoms with Crippen molar-refractivity contribution in [3.05, 3.63) is 59.7 Å². The van der Waals surface area contributed by atoms with Gasteiger partial charge in [-0.3, -0.25) is 9.59 Å². The zero-order chi connectivity index (χ0) is 24.5. The van der Waals surface area contributed by atoms with Crippen LogP contribution in [0.2, 0.25) is 0 Å². The minimum atomic E-state index is -1.05. The van der Waals surface area contributed by atoms with Crippen molar-refractivity contribution in [2.45, 2.75) is 38.1 Å². The van der Waals surface area contributed by atoms with Crippen LogP contribution in [0.25, 0.3) is 11.1 Å². The molecular formula is C26H32N2O5S. The Kier molecular flexibility index (Phi) is 9.39. The van der Waals surface area contributed by atoms with Crippen LogP contribution < -0.4 is 5.32 Å². The normalized spacial score (nSPS) is 13.0. The molecule has 2 aromatic carbocycles. The minimum absolute atomic E-state index is 0.0398. The molecule has 1 aliphatic carbocycles. The summed E-state index contributed by atoms with van der Waals surface area (Å²) in [6.07, 6.45) is 2.74. The number of hydrogen-bond acceptors (Lipinski definition) is 5. The molecule has 0 saturated heterocycles. The fourth-order valence-corrected chi connectivity index (χ4v) is 4.78. The van der Waals surface area contributed by atoms with Crippen LogP contribution in [0.15, 0.2) is 48.5 Å². The Morgan fingerprint density at radius 1 is 1.09 bits per heavy atom. The van der Waals surface area contributed by atoms with Crippen molar-refractivity contribution < 1.29 is 24.2 Å². The van der Waals surface area contributed by atoms with E-state index < -0.39 is 18.1 Å². The summed E-state index contributed by atoms with van der Waals surface area (Å²) in [6.45, 7) is 2.18. The SMILES string of the molecule is CCC[C@H](CC(=O)N(CCSC)CC(=O)O)NC(=O)OCC1c2ccccc2-c2ccccc21. The Hall–Kier alpha value is -3.00. The zero-order valence-corrected chi connectivity index (χ0v) is 20.5. The predicted molar refractivity (Wildman–Crippen MR) is 134 cm³/mol. The van der Waals surface area contributed by atoms with Crippen LogP contribution in [0.3, 0.4) is 0 Å². The number of hydrogen-bond donors (Lipinski definition) is 2. The first kappa shape index (κ1) is 25.6. The number of alkyl carbamates (subject to hydrolysis) is 1. The molecule has 0 unspecified atom stereocenters. The molecule has 2 amide bonds. The first-order valence-electron chi connectivity index (χ1n) is 11.5. The highest BCUT2D eigenvalue weighted by Gasteiger charge is 2.29. The summed E-state index contributed by atoms with van der Waals surface area (Å²) in [7, 11) is 0. The molecule has 0 saturated carbocycles. The Labute approximate surface area is 204 Å². The lowest BCUT2D eigenvalue weighted by Crippen LogP contribution is -2.43. The molecule has 0 spiro atoms. The van der Waals surface area contributed by atoms with Gasteiger partial charge in [0.2, 0.25) is 5.91 Å². The van der Waals surface area contributed by atoms with Gasteiger partial charge in [0.05, 0.1) is 0 Å². The molecule has 0 heterocycles. The van der Waals surface area contributed by atoms with Gasteiger partial charge in [-0.2, -0.15) is 11.8 Å². The third kappa shape index (κ3) is 6.53. The number of amides is 2. The van der Waals surface area contributed by atoms with Crippen LogP contribution in [0.5, 0.6) is 0 Å². The van der Waals surface area contributed by atoms with Crippen LogP contribution in [-0.2, 0) is 14.3 Å². The fourth-order valence-electron chi connectivity index (χ4n) is 4.38. The van der Waals surface area contributed by atoms with Crippen molar-refractivity contribution in [2.75, 3.05) is 31.7 Å². The number of carboxylic acid groups (broad SMARTS) is 1. The number of aliphatic carboxylic acids is 1. The molecule has 34 heavy (non-hydrogen) atoms. The molecule has 7 nitrogen and oxygen atoms in total. The average molecular weight is 485 g/mol. The summed E-state index contributed by atoms with van der Waals surface area (Å²) in [5.74, 6) is -0.723. The summed E-state index contributed by atoms with van der Waals surface area (Å²) in [5.41, 5.74) is 4.58. The van der Waals surface area contributed by atoms with Crippen molar-refractivity contribution >= 4 is 29.7 Å². The molecule has 2 N–H and O–H groups in total. The largest absolute Gasteiger partial charge is 0.480 e. The van der Waals surface area contributed by atoms with E-state index in [1.165, 1.54) is 4.90 Å². The monoisotopic (exact) mass is 484 g/mol. The van der Waals surface area contributed by atoms with Crippen molar-refractivity contribution in [3.8, 4) is 11.1 Å². The molecule has 0 aromatic heterocycles. The molecule has 8 heteroatoms. The van der Waals surface area contributed by atoms with Crippen LogP contribution in [-0.4, -0.2) is 65.7 Å². The van der Waals surface area contributed by atoms with E-state index in [2.05, 4.69) is 29.6 Å². The van der Waals surface area contributed by atoms with Crippen molar-refractivity contribution in [1.29, 1.82) is 0 Å². The van der Waals surface area contributed by atoms with Crippen molar-refractivity contribution in [2.24, 2.45) is 0 Å². The third-order valence-electron chi connectivity index (χ3n) is 5.97. The fraction of sp³-hybridized carbons (Fsp3) is 0.423. The van der Waals surface area contributed by atoms with Gasteiger partial charge in [-0.15, -0.1) is 0 Å². The van der Waals surface area contributed by atoms with E-state index in [1.54, 1.807) is 11.8 Å². The Balaban J connectivity index is 1.61. The summed E-state index contributed by atoms with van der Waals surface area (Å²) in [6, 6.07) is 15.8. The van der Waals surface area contributed by atoms with Gasteiger partial charge < -0.3 is 20.1 Å². The van der Waals surface area contributed by atoms with E-state index in [0.29, 0.717) is 18.7 Å². The van der Waals surface area contributed by atoms with Crippen molar-refractivity contribution in [1.82, 2.24) is 10.2 Å². The number of nitrogens with zero attached hydrogens (tertiary/aromatic N) is 1. The van der Waals surface area contributed by atoms with Crippen LogP contribution in [0.4, 0.5) is 4.79 Å². The van der Waals surface area contributed by atoms with Crippen LogP contribution >= 0.6 is 11.8 Å². The summed E-state index contributed by atoms with van der Waals surface area (Å²) in [4.78, 5) is 37.9. The lowest BCUT2D eigenvalue weighted by Gasteiger charge is -2.24. The van der Waals surface area contributed by atoms with Gasteiger partial charge in [0.1, 0.15) is 13.2 Å². The highest BCUT2D eigenvalue weighted by molar-refractivity contribution is 7.98. The van der Waals surface area contributed by atoms with E-state index in [0.717, 1.165) is 28.7 Å². The quantitative estimate of drug-likeness (QED) is 0.465. The molecule has 3 rings (SSSR count). The molecule has 0 bridgehead atoms. The number of rotatable bonds is 12. The number of fused-ring (bicyclic) bond motifs is 3. The smallest absolute Gasteiger partial charge is 0.407 e. The number of carbonyl (C=O) groups excluding carboxylic acids is 2. The number of ether oxygens (including phenoxy) is 1. The van der Waals surface area contributed by atoms with Gasteiger partial charge in [-0.1, -0.05) is 61.9 Å². The van der Waals surface area contributed by atoms with Gasteiger partial charge in [0.25, 0.3) is 0 Å². The van der Waals surface area contributed by atoms with Gasteiger partial charge in [-0.25, -0.2) is 4.79 Å². The van der Waals surface area contributed by atoms with Gasteiger partial charge >= 0.3 is 12.1 Å². The lowest BCUT2D eigenvalue weighted by atomic mass is 9.98. The van der Waals surface area contributed by atoms with Gasteiger partial charge in [0, 0.05) is 30.7 Å². The minimum Gasteiger partial charge on any atom is -0.480 e. The molecule has 182 valence electrons. The number of carbonyl (C=O) groups is 3. The number of carboxylic acids is 1. The van der Waals surface area contributed by atoms with E-state index in [4.69, 9.17) is 9.84 Å². The second kappa shape index (κ2) is 12.5. The first-order chi connectivity index (χ1) is 16.4. The van der Waals surface area contributed by atoms with Crippen molar-refractivity contribution in [3.63, 3.8) is 0 Å². The van der Waals surface area contributed by atoms with Gasteiger partial charge in [-0.05, 0) is 34.9 Å². The first-order valence-corrected chi connectivity index (χ1v) is 12.9. The molecule has 1 aliphatic rings. The summed E-state index contributed by atoms with van der Waals surface area (Å²) >= 11 is 1.55. The number of benzene rings is 2. The van der Waals surface area contributed by atoms with E-state index in [9.17, 15) is 14.4 Å². The molecular weight excluding hydrogens is 452 g/mol. The van der Waals surface area contributed by atoms with E-state index in [1.807, 2.05) is 37.4 Å². The molecule has 2 aromatic rings. The molecule has 1 atom stereocenters. The highest BCUT2D eigenvalue weighted by Crippen LogP contribution is 2.44. The van der Waals surface area contributed by atoms with E-state index in [-0.39, 0.29) is 31.4 Å². The Morgan fingerprint density at radius 2 is 1.71 bits per heavy atom. The van der Waals surface area contributed by atoms with E-state index >= 15 is 0 Å². The van der Waals surface area contributed by atoms with Crippen LogP contribution in [0, 0.1) is 0 Å². The molecule has 0 radical (unpaired) electrons. The molecule has 0 fully saturated rings. The average Bonchev–Trinajstić information content (AvgIpc) is 3.14. The zero-order valence-electron chi connectivity index (χ0n) is 19.7. The second-order valence-corrected chi connectivity index (χ2v) is 9.35. The maximum atomic E-state index is 12.8. The lowest BCUT2D eigenvalue weighted by molar-refractivity contribution is -0.144. The summed E-state index contributed by atoms with van der Waals surface area (Å²) < 4.78 is 5.62. The maximum Gasteiger partial charge on any atom is 0.407 e. The van der Waals surface area contributed by atoms with Crippen LogP contribution in [0.1, 0.15) is 43.2 Å². The Morgan fingerprint density at radius 3 is 2.26 bits per heavy atom. The number of nitrogens with one attached hydrogen (secondary N) is 1. The number of thioether (sulfide) groups is 1. The maximum absolute atomic E-state index is 12.8.